The van der Waals surface area contributed by atoms with E-state index >= 15 is 0 Å². The summed E-state index contributed by atoms with van der Waals surface area (Å²) in [5.41, 5.74) is 0.762. The number of hydrogen-bond acceptors (Lipinski definition) is 12. The van der Waals surface area contributed by atoms with Gasteiger partial charge in [0.05, 0.1) is 26.4 Å². The minimum absolute atomic E-state index is 0.0253. The van der Waals surface area contributed by atoms with E-state index in [-0.39, 0.29) is 40.0 Å². The molecule has 226 valence electrons. The van der Waals surface area contributed by atoms with Crippen LogP contribution >= 0.6 is 0 Å². The predicted octanol–water partition coefficient (Wildman–Crippen LogP) is 3.50. The molecule has 0 aliphatic carbocycles. The maximum Gasteiger partial charge on any atom is 0.320 e. The van der Waals surface area contributed by atoms with Crippen LogP contribution in [-0.2, 0) is 38.1 Å². The molecule has 0 aromatic heterocycles. The Bertz CT molecular complexity index is 1170. The van der Waals surface area contributed by atoms with E-state index in [4.69, 9.17) is 37.9 Å². The highest BCUT2D eigenvalue weighted by molar-refractivity contribution is 5.99. The number of carbonyl (C=O) groups excluding carboxylic acids is 4. The highest BCUT2D eigenvalue weighted by Gasteiger charge is 2.51. The fraction of sp³-hybridized carbons (Fsp3) is 0.467. The summed E-state index contributed by atoms with van der Waals surface area (Å²) in [6, 6.07) is 9.72. The van der Waals surface area contributed by atoms with Gasteiger partial charge in [-0.3, -0.25) is 19.2 Å². The number of rotatable bonds is 13. The van der Waals surface area contributed by atoms with E-state index in [1.807, 2.05) is 0 Å². The molecule has 0 N–H and O–H groups in total. The van der Waals surface area contributed by atoms with Crippen LogP contribution in [0.3, 0.4) is 0 Å². The van der Waals surface area contributed by atoms with Crippen LogP contribution in [0.4, 0.5) is 0 Å². The largest absolute Gasteiger partial charge is 0.465 e. The first-order chi connectivity index (χ1) is 20.3. The highest BCUT2D eigenvalue weighted by Crippen LogP contribution is 2.49. The molecule has 0 unspecified atom stereocenters. The van der Waals surface area contributed by atoms with Gasteiger partial charge in [0, 0.05) is 11.8 Å². The van der Waals surface area contributed by atoms with Gasteiger partial charge in [-0.15, -0.1) is 0 Å². The van der Waals surface area contributed by atoms with Gasteiger partial charge in [-0.1, -0.05) is 12.1 Å². The minimum atomic E-state index is -1.60. The lowest BCUT2D eigenvalue weighted by atomic mass is 9.68. The zero-order chi connectivity index (χ0) is 30.2. The van der Waals surface area contributed by atoms with Gasteiger partial charge in [-0.05, 0) is 63.1 Å². The lowest BCUT2D eigenvalue weighted by Crippen LogP contribution is -2.42. The van der Waals surface area contributed by atoms with E-state index in [0.29, 0.717) is 34.1 Å². The first-order valence-electron chi connectivity index (χ1n) is 13.8. The second kappa shape index (κ2) is 13.9. The van der Waals surface area contributed by atoms with Crippen molar-refractivity contribution < 1.29 is 57.1 Å². The second-order valence-electron chi connectivity index (χ2n) is 9.24. The van der Waals surface area contributed by atoms with Crippen LogP contribution in [0, 0.1) is 11.8 Å². The van der Waals surface area contributed by atoms with Crippen molar-refractivity contribution in [2.75, 3.05) is 40.0 Å². The molecule has 0 fully saturated rings. The van der Waals surface area contributed by atoms with Gasteiger partial charge in [-0.25, -0.2) is 0 Å². The lowest BCUT2D eigenvalue weighted by molar-refractivity contribution is -0.169. The third kappa shape index (κ3) is 6.37. The van der Waals surface area contributed by atoms with Crippen LogP contribution in [0.15, 0.2) is 36.4 Å². The van der Waals surface area contributed by atoms with Crippen molar-refractivity contribution in [3.8, 4) is 23.0 Å². The molecule has 2 aliphatic rings. The van der Waals surface area contributed by atoms with Gasteiger partial charge in [0.2, 0.25) is 13.6 Å². The zero-order valence-corrected chi connectivity index (χ0v) is 23.9. The van der Waals surface area contributed by atoms with Crippen LogP contribution in [0.2, 0.25) is 0 Å². The Labute approximate surface area is 243 Å². The van der Waals surface area contributed by atoms with Crippen molar-refractivity contribution in [1.29, 1.82) is 0 Å². The molecule has 2 aromatic rings. The van der Waals surface area contributed by atoms with Crippen LogP contribution in [-0.4, -0.2) is 63.9 Å². The number of ether oxygens (including phenoxy) is 8. The molecule has 4 rings (SSSR count). The summed E-state index contributed by atoms with van der Waals surface area (Å²) >= 11 is 0. The van der Waals surface area contributed by atoms with Crippen LogP contribution < -0.4 is 18.9 Å². The molecule has 0 amide bonds. The molecule has 0 saturated carbocycles. The molecular weight excluding hydrogens is 552 g/mol. The molecule has 0 radical (unpaired) electrons. The summed E-state index contributed by atoms with van der Waals surface area (Å²) < 4.78 is 43.5. The number of esters is 4. The number of hydrogen-bond donors (Lipinski definition) is 0. The van der Waals surface area contributed by atoms with Gasteiger partial charge in [0.15, 0.2) is 34.8 Å². The van der Waals surface area contributed by atoms with Gasteiger partial charge >= 0.3 is 23.9 Å². The first-order valence-corrected chi connectivity index (χ1v) is 13.8. The fourth-order valence-electron chi connectivity index (χ4n) is 5.16. The molecule has 0 bridgehead atoms. The molecule has 2 aliphatic heterocycles. The van der Waals surface area contributed by atoms with Gasteiger partial charge < -0.3 is 37.9 Å². The standard InChI is InChI=1S/C30H34O12/c1-5-35-27(31)25(28(32)36-6-2)23(17-9-11-19-21(13-17)41-15-39-19)24(18-10-12-20-22(14-18)42-16-40-20)26(29(33)37-7-3)30(34)38-8-4/h9-14,23-26H,5-8,15-16H2,1-4H3/t23-,24-/m1/s1. The van der Waals surface area contributed by atoms with E-state index in [1.54, 1.807) is 64.1 Å². The number of benzene rings is 2. The summed E-state index contributed by atoms with van der Waals surface area (Å²) in [6.07, 6.45) is 0. The molecule has 0 saturated heterocycles. The summed E-state index contributed by atoms with van der Waals surface area (Å²) in [4.78, 5) is 54.4. The van der Waals surface area contributed by atoms with Crippen molar-refractivity contribution in [1.82, 2.24) is 0 Å². The molecule has 42 heavy (non-hydrogen) atoms. The quantitative estimate of drug-likeness (QED) is 0.193. The predicted molar refractivity (Wildman–Crippen MR) is 144 cm³/mol. The van der Waals surface area contributed by atoms with E-state index in [9.17, 15) is 19.2 Å². The normalized spacial score (nSPS) is 14.3. The van der Waals surface area contributed by atoms with Crippen LogP contribution in [0.1, 0.15) is 50.7 Å². The summed E-state index contributed by atoms with van der Waals surface area (Å²) in [7, 11) is 0. The Morgan fingerprint density at radius 2 is 0.857 bits per heavy atom. The fourth-order valence-corrected chi connectivity index (χ4v) is 5.16. The minimum Gasteiger partial charge on any atom is -0.465 e. The summed E-state index contributed by atoms with van der Waals surface area (Å²) in [5, 5.41) is 0. The molecular formula is C30H34O12. The third-order valence-electron chi connectivity index (χ3n) is 6.83. The molecule has 2 aromatic carbocycles. The van der Waals surface area contributed by atoms with E-state index < -0.39 is 47.5 Å². The number of fused-ring (bicyclic) bond motifs is 2. The maximum atomic E-state index is 13.6. The monoisotopic (exact) mass is 586 g/mol. The smallest absolute Gasteiger partial charge is 0.320 e. The molecule has 12 heteroatoms. The lowest BCUT2D eigenvalue weighted by Gasteiger charge is -2.35. The third-order valence-corrected chi connectivity index (χ3v) is 6.83. The number of carbonyl (C=O) groups is 4. The molecule has 2 heterocycles. The van der Waals surface area contributed by atoms with Crippen molar-refractivity contribution in [2.45, 2.75) is 39.5 Å². The molecule has 2 atom stereocenters. The van der Waals surface area contributed by atoms with Gasteiger partial charge in [0.25, 0.3) is 0 Å². The van der Waals surface area contributed by atoms with Crippen LogP contribution in [0.5, 0.6) is 23.0 Å². The zero-order valence-electron chi connectivity index (χ0n) is 23.9. The van der Waals surface area contributed by atoms with Crippen molar-refractivity contribution in [3.63, 3.8) is 0 Å². The first kappa shape index (κ1) is 30.5. The average Bonchev–Trinajstić information content (AvgIpc) is 3.64. The van der Waals surface area contributed by atoms with Crippen molar-refractivity contribution >= 4 is 23.9 Å². The maximum absolute atomic E-state index is 13.6. The Balaban J connectivity index is 2.02. The van der Waals surface area contributed by atoms with E-state index in [0.717, 1.165) is 0 Å². The van der Waals surface area contributed by atoms with Gasteiger partial charge in [0.1, 0.15) is 0 Å². The van der Waals surface area contributed by atoms with Crippen molar-refractivity contribution in [3.05, 3.63) is 47.5 Å². The van der Waals surface area contributed by atoms with E-state index in [1.165, 1.54) is 0 Å². The highest BCUT2D eigenvalue weighted by atomic mass is 16.7. The topological polar surface area (TPSA) is 142 Å². The Kier molecular flexibility index (Phi) is 10.1. The Morgan fingerprint density at radius 3 is 1.17 bits per heavy atom. The Morgan fingerprint density at radius 1 is 0.548 bits per heavy atom. The van der Waals surface area contributed by atoms with Crippen LogP contribution in [0.25, 0.3) is 0 Å². The van der Waals surface area contributed by atoms with E-state index in [2.05, 4.69) is 0 Å². The summed E-state index contributed by atoms with van der Waals surface area (Å²) in [5.74, 6) is -7.58. The van der Waals surface area contributed by atoms with Crippen molar-refractivity contribution in [2.24, 2.45) is 11.8 Å². The molecule has 0 spiro atoms. The average molecular weight is 587 g/mol. The molecule has 12 nitrogen and oxygen atoms in total. The summed E-state index contributed by atoms with van der Waals surface area (Å²) in [6.45, 7) is 6.23. The Hall–Kier alpha value is -4.48. The SMILES string of the molecule is CCOC(=O)C(C(=O)OCC)[C@H](c1ccc2c(c1)OCO2)[C@@H](c1ccc2c(c1)OCO2)C(C(=O)OCC)C(=O)OCC. The second-order valence-corrected chi connectivity index (χ2v) is 9.24. The van der Waals surface area contributed by atoms with Gasteiger partial charge in [-0.2, -0.15) is 0 Å².